The van der Waals surface area contributed by atoms with Gasteiger partial charge in [-0.15, -0.1) is 0 Å². The third-order valence-corrected chi connectivity index (χ3v) is 10.5. The van der Waals surface area contributed by atoms with Gasteiger partial charge in [-0.3, -0.25) is 29.4 Å². The summed E-state index contributed by atoms with van der Waals surface area (Å²) in [6, 6.07) is 14.9. The molecule has 1 atom stereocenters. The van der Waals surface area contributed by atoms with Crippen LogP contribution in [0.4, 0.5) is 30.2 Å². The minimum absolute atomic E-state index is 0.0186. The Labute approximate surface area is 415 Å². The van der Waals surface area contributed by atoms with Crippen LogP contribution in [-0.4, -0.2) is 186 Å². The number of fused-ring (bicyclic) bond motifs is 1. The maximum atomic E-state index is 13.2. The molecule has 1 fully saturated rings. The Morgan fingerprint density at radius 1 is 0.569 bits per heavy atom. The molecule has 20 nitrogen and oxygen atoms in total. The van der Waals surface area contributed by atoms with Crippen LogP contribution in [0.1, 0.15) is 49.5 Å². The molecule has 0 aromatic heterocycles. The molecule has 1 saturated heterocycles. The van der Waals surface area contributed by atoms with Gasteiger partial charge in [0, 0.05) is 24.3 Å². The van der Waals surface area contributed by atoms with Crippen molar-refractivity contribution in [1.29, 1.82) is 0 Å². The Kier molecular flexibility index (Phi) is 25.8. The van der Waals surface area contributed by atoms with Gasteiger partial charge >= 0.3 is 12.1 Å². The van der Waals surface area contributed by atoms with E-state index in [2.05, 4.69) is 16.0 Å². The van der Waals surface area contributed by atoms with E-state index >= 15 is 0 Å². The van der Waals surface area contributed by atoms with E-state index in [0.29, 0.717) is 137 Å². The summed E-state index contributed by atoms with van der Waals surface area (Å²) in [5.74, 6) is -2.86. The summed E-state index contributed by atoms with van der Waals surface area (Å²) in [4.78, 5) is 63.6. The number of carbonyl (C=O) groups is 5. The molecule has 4 amide bonds. The molecule has 72 heavy (non-hydrogen) atoms. The molecule has 2 aliphatic rings. The van der Waals surface area contributed by atoms with Crippen molar-refractivity contribution in [3.63, 3.8) is 0 Å². The predicted molar refractivity (Wildman–Crippen MR) is 251 cm³/mol. The lowest BCUT2D eigenvalue weighted by atomic mass is 10.0. The molecule has 0 bridgehead atoms. The number of esters is 1. The lowest BCUT2D eigenvalue weighted by Gasteiger charge is -2.27. The van der Waals surface area contributed by atoms with Crippen molar-refractivity contribution >= 4 is 46.7 Å². The molecule has 3 aromatic carbocycles. The molecule has 2 aliphatic heterocycles. The summed E-state index contributed by atoms with van der Waals surface area (Å²) in [5.41, 5.74) is 0.726. The van der Waals surface area contributed by atoms with E-state index in [1.165, 1.54) is 18.2 Å². The number of para-hydroxylation sites is 1. The fraction of sp³-hybridized carbons (Fsp3) is 0.531. The van der Waals surface area contributed by atoms with E-state index in [9.17, 15) is 37.1 Å². The summed E-state index contributed by atoms with van der Waals surface area (Å²) in [6.07, 6.45) is -4.35. The molecule has 0 saturated carbocycles. The number of halogens is 3. The molecule has 3 N–H and O–H groups in total. The quantitative estimate of drug-likeness (QED) is 0.0414. The molecule has 0 spiro atoms. The van der Waals surface area contributed by atoms with Crippen LogP contribution in [0.5, 0.6) is 0 Å². The number of carbonyl (C=O) groups excluding carboxylic acids is 5. The second kappa shape index (κ2) is 32.5. The molecule has 23 heteroatoms. The average molecular weight is 1020 g/mol. The van der Waals surface area contributed by atoms with Crippen molar-refractivity contribution in [1.82, 2.24) is 10.2 Å². The standard InChI is InChI=1S/C49H63F3N4O16/c50-49(51,52)36-5-3-6-37(35-36)54-40-9-2-1-7-38(40)48(61)72-34-33-71-32-31-70-30-29-69-28-27-68-26-25-67-24-23-66-22-21-65-20-19-64-18-17-63-16-15-62-14-13-53-41-10-4-8-39-44(41)47(60)56(46(39)59)42-11-12-43(57)55-45(42)58/h1-10,35,42,53-54H,11-34H2,(H,55,57,58). The van der Waals surface area contributed by atoms with Crippen molar-refractivity contribution < 1.29 is 89.2 Å². The van der Waals surface area contributed by atoms with Gasteiger partial charge in [0.25, 0.3) is 11.8 Å². The monoisotopic (exact) mass is 1020 g/mol. The molecular weight excluding hydrogens is 958 g/mol. The topological polar surface area (TPSA) is 226 Å². The molecular formula is C49H63F3N4O16. The van der Waals surface area contributed by atoms with Gasteiger partial charge in [0.1, 0.15) is 12.6 Å². The smallest absolute Gasteiger partial charge is 0.416 e. The van der Waals surface area contributed by atoms with Crippen LogP contribution in [0.3, 0.4) is 0 Å². The van der Waals surface area contributed by atoms with Gasteiger partial charge in [0.15, 0.2) is 0 Å². The van der Waals surface area contributed by atoms with E-state index in [1.54, 1.807) is 36.4 Å². The largest absolute Gasteiger partial charge is 0.460 e. The third kappa shape index (κ3) is 20.1. The van der Waals surface area contributed by atoms with Crippen LogP contribution in [0.2, 0.25) is 0 Å². The number of nitrogens with zero attached hydrogens (tertiary/aromatic N) is 1. The Morgan fingerprint density at radius 2 is 1.04 bits per heavy atom. The number of alkyl halides is 3. The van der Waals surface area contributed by atoms with Gasteiger partial charge in [0.2, 0.25) is 11.8 Å². The zero-order chi connectivity index (χ0) is 51.2. The second-order valence-corrected chi connectivity index (χ2v) is 15.6. The fourth-order valence-electron chi connectivity index (χ4n) is 6.97. The van der Waals surface area contributed by atoms with Crippen molar-refractivity contribution in [3.8, 4) is 0 Å². The number of anilines is 3. The second-order valence-electron chi connectivity index (χ2n) is 15.6. The molecule has 0 radical (unpaired) electrons. The van der Waals surface area contributed by atoms with Gasteiger partial charge < -0.3 is 62.7 Å². The lowest BCUT2D eigenvalue weighted by Crippen LogP contribution is -2.54. The number of rotatable bonds is 38. The number of benzene rings is 3. The highest BCUT2D eigenvalue weighted by atomic mass is 19.4. The first kappa shape index (κ1) is 57.3. The summed E-state index contributed by atoms with van der Waals surface area (Å²) in [5, 5.41) is 8.17. The highest BCUT2D eigenvalue weighted by molar-refractivity contribution is 6.25. The summed E-state index contributed by atoms with van der Waals surface area (Å²) in [6.45, 7) is 7.83. The number of piperidine rings is 1. The fourth-order valence-corrected chi connectivity index (χ4v) is 6.97. The third-order valence-electron chi connectivity index (χ3n) is 10.5. The van der Waals surface area contributed by atoms with Crippen LogP contribution in [0, 0.1) is 0 Å². The summed E-state index contributed by atoms with van der Waals surface area (Å²) < 4.78 is 99.5. The Hall–Kier alpha value is -5.60. The number of amides is 4. The first-order valence-electron chi connectivity index (χ1n) is 23.6. The Morgan fingerprint density at radius 3 is 1.56 bits per heavy atom. The van der Waals surface area contributed by atoms with Crippen molar-refractivity contribution in [2.45, 2.75) is 25.1 Å². The molecule has 1 unspecified atom stereocenters. The summed E-state index contributed by atoms with van der Waals surface area (Å²) in [7, 11) is 0. The number of imide groups is 2. The minimum Gasteiger partial charge on any atom is -0.460 e. The molecule has 2 heterocycles. The van der Waals surface area contributed by atoms with Crippen molar-refractivity contribution in [3.05, 3.63) is 89.0 Å². The van der Waals surface area contributed by atoms with Gasteiger partial charge in [-0.2, -0.15) is 13.2 Å². The van der Waals surface area contributed by atoms with Gasteiger partial charge in [-0.05, 0) is 48.9 Å². The number of ether oxygens (including phenoxy) is 11. The van der Waals surface area contributed by atoms with Gasteiger partial charge in [-0.25, -0.2) is 4.79 Å². The van der Waals surface area contributed by atoms with E-state index in [1.807, 2.05) is 0 Å². The minimum atomic E-state index is -4.49. The number of hydrogen-bond donors (Lipinski definition) is 3. The average Bonchev–Trinajstić information content (AvgIpc) is 3.62. The molecule has 396 valence electrons. The highest BCUT2D eigenvalue weighted by Gasteiger charge is 2.45. The number of nitrogens with one attached hydrogen (secondary N) is 3. The Balaban J connectivity index is 0.710. The lowest BCUT2D eigenvalue weighted by molar-refractivity contribution is -0.138. The highest BCUT2D eigenvalue weighted by Crippen LogP contribution is 2.33. The van der Waals surface area contributed by atoms with Gasteiger partial charge in [0.05, 0.1) is 160 Å². The SMILES string of the molecule is O=C1CCC(N2C(=O)c3cccc(NCCOCCOCCOCCOCCOCCOCCOCCOCCOCCOCCOC(=O)c4ccccc4Nc4cccc(C(F)(F)F)c4)c3C2=O)C(=O)N1. The maximum Gasteiger partial charge on any atom is 0.416 e. The van der Waals surface area contributed by atoms with Crippen LogP contribution in [-0.2, 0) is 67.9 Å². The normalized spacial score (nSPS) is 14.7. The molecule has 0 aliphatic carbocycles. The van der Waals surface area contributed by atoms with E-state index in [0.717, 1.165) is 17.0 Å². The number of hydrogen-bond acceptors (Lipinski definition) is 18. The first-order valence-corrected chi connectivity index (χ1v) is 23.6. The maximum absolute atomic E-state index is 13.2. The van der Waals surface area contributed by atoms with Crippen molar-refractivity contribution in [2.24, 2.45) is 0 Å². The molecule has 3 aromatic rings. The van der Waals surface area contributed by atoms with Gasteiger partial charge in [-0.1, -0.05) is 24.3 Å². The van der Waals surface area contributed by atoms with E-state index in [-0.39, 0.29) is 55.0 Å². The van der Waals surface area contributed by atoms with E-state index < -0.39 is 47.4 Å². The zero-order valence-electron chi connectivity index (χ0n) is 40.0. The van der Waals surface area contributed by atoms with Crippen LogP contribution < -0.4 is 16.0 Å². The summed E-state index contributed by atoms with van der Waals surface area (Å²) >= 11 is 0. The Bertz CT molecular complexity index is 2150. The first-order chi connectivity index (χ1) is 35.0. The van der Waals surface area contributed by atoms with Crippen molar-refractivity contribution in [2.75, 3.05) is 156 Å². The van der Waals surface area contributed by atoms with E-state index in [4.69, 9.17) is 52.1 Å². The zero-order valence-corrected chi connectivity index (χ0v) is 40.0. The predicted octanol–water partition coefficient (Wildman–Crippen LogP) is 4.29. The van der Waals surface area contributed by atoms with Crippen LogP contribution in [0.25, 0.3) is 0 Å². The van der Waals surface area contributed by atoms with Crippen LogP contribution >= 0.6 is 0 Å². The molecule has 5 rings (SSSR count). The van der Waals surface area contributed by atoms with Crippen LogP contribution in [0.15, 0.2) is 66.7 Å².